The van der Waals surface area contributed by atoms with Gasteiger partial charge in [-0.25, -0.2) is 9.13 Å². The Hall–Kier alpha value is -1.94. The molecule has 0 saturated carbocycles. The highest BCUT2D eigenvalue weighted by molar-refractivity contribution is 7.47. The summed E-state index contributed by atoms with van der Waals surface area (Å²) >= 11 is 0. The Bertz CT molecular complexity index is 1700. The molecule has 5 atom stereocenters. The summed E-state index contributed by atoms with van der Waals surface area (Å²) in [6, 6.07) is 0. The van der Waals surface area contributed by atoms with E-state index in [1.807, 2.05) is 0 Å². The summed E-state index contributed by atoms with van der Waals surface area (Å²) in [5, 5.41) is 10.5. The predicted octanol–water partition coefficient (Wildman–Crippen LogP) is 19.2. The van der Waals surface area contributed by atoms with Gasteiger partial charge in [-0.3, -0.25) is 37.3 Å². The van der Waals surface area contributed by atoms with Crippen molar-refractivity contribution in [3.63, 3.8) is 0 Å². The van der Waals surface area contributed by atoms with Gasteiger partial charge in [-0.1, -0.05) is 292 Å². The van der Waals surface area contributed by atoms with Crippen LogP contribution in [0.15, 0.2) is 0 Å². The van der Waals surface area contributed by atoms with Crippen molar-refractivity contribution in [1.29, 1.82) is 0 Å². The number of carbonyl (C=O) groups is 4. The van der Waals surface area contributed by atoms with Gasteiger partial charge in [0.15, 0.2) is 12.2 Å². The lowest BCUT2D eigenvalue weighted by Gasteiger charge is -2.21. The maximum absolute atomic E-state index is 13.0. The first-order valence-electron chi connectivity index (χ1n) is 35.5. The van der Waals surface area contributed by atoms with Crippen LogP contribution < -0.4 is 0 Å². The van der Waals surface area contributed by atoms with Crippen molar-refractivity contribution in [2.45, 2.75) is 362 Å². The summed E-state index contributed by atoms with van der Waals surface area (Å²) in [7, 11) is -9.89. The number of aliphatic hydroxyl groups is 1. The lowest BCUT2D eigenvalue weighted by Crippen LogP contribution is -2.30. The molecule has 0 aliphatic heterocycles. The van der Waals surface area contributed by atoms with Crippen LogP contribution in [0.25, 0.3) is 0 Å². The van der Waals surface area contributed by atoms with Gasteiger partial charge >= 0.3 is 39.5 Å². The monoisotopic (exact) mass is 1280 g/mol. The van der Waals surface area contributed by atoms with Crippen LogP contribution in [-0.4, -0.2) is 96.7 Å². The number of rotatable bonds is 67. The van der Waals surface area contributed by atoms with E-state index in [2.05, 4.69) is 41.5 Å². The standard InChI is InChI=1S/C68H132O17P2/c1-7-9-11-13-14-15-16-17-18-19-20-21-22-29-34-40-46-52-67(72)85-64(57-79-66(71)51-45-39-33-28-24-23-26-31-37-42-48-60(3)4)59-83-87(76,77)81-55-62(69)54-80-86(74,75)82-58-63(56-78-65(70)50-44-36-12-10-8-2)84-68(73)53-47-41-35-30-25-27-32-38-43-49-61(5)6/h60-64,69H,7-59H2,1-6H3,(H,74,75)(H,76,77)/t62-,63+,64+/m0/s1. The van der Waals surface area contributed by atoms with Gasteiger partial charge in [0.05, 0.1) is 26.4 Å². The molecule has 516 valence electrons. The fourth-order valence-corrected chi connectivity index (χ4v) is 11.8. The molecule has 0 saturated heterocycles. The number of carbonyl (C=O) groups excluding carboxylic acids is 4. The van der Waals surface area contributed by atoms with E-state index < -0.39 is 97.5 Å². The van der Waals surface area contributed by atoms with E-state index in [1.165, 1.54) is 154 Å². The second-order valence-electron chi connectivity index (χ2n) is 25.5. The molecule has 0 radical (unpaired) electrons. The summed E-state index contributed by atoms with van der Waals surface area (Å²) in [6.07, 6.45) is 44.8. The Morgan fingerprint density at radius 3 is 0.782 bits per heavy atom. The predicted molar refractivity (Wildman–Crippen MR) is 349 cm³/mol. The number of esters is 4. The largest absolute Gasteiger partial charge is 0.472 e. The maximum Gasteiger partial charge on any atom is 0.472 e. The average molecular weight is 1280 g/mol. The smallest absolute Gasteiger partial charge is 0.462 e. The third-order valence-electron chi connectivity index (χ3n) is 15.7. The molecule has 0 spiro atoms. The molecule has 0 aliphatic rings. The molecule has 0 aromatic carbocycles. The molecule has 0 amide bonds. The maximum atomic E-state index is 13.0. The second kappa shape index (κ2) is 60.3. The minimum absolute atomic E-state index is 0.104. The number of aliphatic hydroxyl groups excluding tert-OH is 1. The van der Waals surface area contributed by atoms with Crippen LogP contribution in [0.5, 0.6) is 0 Å². The van der Waals surface area contributed by atoms with Crippen LogP contribution in [0.3, 0.4) is 0 Å². The molecule has 0 aromatic rings. The van der Waals surface area contributed by atoms with E-state index >= 15 is 0 Å². The highest BCUT2D eigenvalue weighted by Gasteiger charge is 2.30. The number of phosphoric ester groups is 2. The molecule has 0 aliphatic carbocycles. The third-order valence-corrected chi connectivity index (χ3v) is 17.6. The zero-order valence-corrected chi connectivity index (χ0v) is 58.1. The van der Waals surface area contributed by atoms with Crippen molar-refractivity contribution in [3.8, 4) is 0 Å². The van der Waals surface area contributed by atoms with Crippen LogP contribution in [-0.2, 0) is 65.4 Å². The molecule has 0 fully saturated rings. The molecule has 19 heteroatoms. The van der Waals surface area contributed by atoms with Gasteiger partial charge in [0.2, 0.25) is 0 Å². The lowest BCUT2D eigenvalue weighted by molar-refractivity contribution is -0.161. The van der Waals surface area contributed by atoms with Crippen molar-refractivity contribution in [2.75, 3.05) is 39.6 Å². The molecular formula is C68H132O17P2. The Balaban J connectivity index is 5.16. The third kappa shape index (κ3) is 62.6. The van der Waals surface area contributed by atoms with E-state index in [1.54, 1.807) is 0 Å². The summed E-state index contributed by atoms with van der Waals surface area (Å²) in [6.45, 7) is 9.42. The van der Waals surface area contributed by atoms with Crippen LogP contribution in [0.2, 0.25) is 0 Å². The van der Waals surface area contributed by atoms with E-state index in [4.69, 9.17) is 37.0 Å². The SMILES string of the molecule is CCCCCCCCCCCCCCCCCCCC(=O)O[C@H](COC(=O)CCCCCCCCCCCCC(C)C)COP(=O)(O)OC[C@@H](O)COP(=O)(O)OC[C@@H](COC(=O)CCCCCCC)OC(=O)CCCCCCCCCCCC(C)C. The molecule has 0 rings (SSSR count). The van der Waals surface area contributed by atoms with Gasteiger partial charge in [-0.05, 0) is 37.5 Å². The van der Waals surface area contributed by atoms with E-state index in [0.29, 0.717) is 25.7 Å². The highest BCUT2D eigenvalue weighted by atomic mass is 31.2. The Morgan fingerprint density at radius 2 is 0.529 bits per heavy atom. The molecule has 0 bridgehead atoms. The van der Waals surface area contributed by atoms with Gasteiger partial charge in [0.25, 0.3) is 0 Å². The van der Waals surface area contributed by atoms with Gasteiger partial charge in [0.1, 0.15) is 19.3 Å². The van der Waals surface area contributed by atoms with Gasteiger partial charge in [0, 0.05) is 25.7 Å². The van der Waals surface area contributed by atoms with Gasteiger partial charge in [-0.2, -0.15) is 0 Å². The van der Waals surface area contributed by atoms with Crippen molar-refractivity contribution in [2.24, 2.45) is 11.8 Å². The molecule has 2 unspecified atom stereocenters. The lowest BCUT2D eigenvalue weighted by atomic mass is 10.0. The van der Waals surface area contributed by atoms with Crippen LogP contribution in [0, 0.1) is 11.8 Å². The van der Waals surface area contributed by atoms with E-state index in [9.17, 15) is 43.2 Å². The first kappa shape index (κ1) is 85.1. The Labute approximate surface area is 530 Å². The Kier molecular flexibility index (Phi) is 59.0. The molecular weight excluding hydrogens is 1150 g/mol. The molecule has 0 heterocycles. The topological polar surface area (TPSA) is 237 Å². The molecule has 87 heavy (non-hydrogen) atoms. The summed E-state index contributed by atoms with van der Waals surface area (Å²) in [4.78, 5) is 72.2. The first-order chi connectivity index (χ1) is 41.9. The number of unbranched alkanes of at least 4 members (excludes halogenated alkanes) is 37. The van der Waals surface area contributed by atoms with Crippen LogP contribution in [0.4, 0.5) is 0 Å². The van der Waals surface area contributed by atoms with E-state index in [-0.39, 0.29) is 25.7 Å². The van der Waals surface area contributed by atoms with Crippen LogP contribution in [0.1, 0.15) is 343 Å². The summed E-state index contributed by atoms with van der Waals surface area (Å²) in [5.41, 5.74) is 0. The minimum atomic E-state index is -4.95. The highest BCUT2D eigenvalue weighted by Crippen LogP contribution is 2.45. The number of phosphoric acid groups is 2. The van der Waals surface area contributed by atoms with Gasteiger partial charge < -0.3 is 33.8 Å². The molecule has 3 N–H and O–H groups in total. The van der Waals surface area contributed by atoms with Crippen molar-refractivity contribution >= 4 is 39.5 Å². The number of hydrogen-bond donors (Lipinski definition) is 3. The fourth-order valence-electron chi connectivity index (χ4n) is 10.2. The summed E-state index contributed by atoms with van der Waals surface area (Å²) < 4.78 is 68.0. The molecule has 0 aromatic heterocycles. The zero-order chi connectivity index (χ0) is 64.3. The van der Waals surface area contributed by atoms with Crippen molar-refractivity contribution in [1.82, 2.24) is 0 Å². The number of ether oxygens (including phenoxy) is 4. The zero-order valence-electron chi connectivity index (χ0n) is 56.3. The first-order valence-corrected chi connectivity index (χ1v) is 38.5. The van der Waals surface area contributed by atoms with Crippen LogP contribution >= 0.6 is 15.6 Å². The number of hydrogen-bond acceptors (Lipinski definition) is 15. The average Bonchev–Trinajstić information content (AvgIpc) is 3.55. The minimum Gasteiger partial charge on any atom is -0.462 e. The van der Waals surface area contributed by atoms with E-state index in [0.717, 1.165) is 108 Å². The van der Waals surface area contributed by atoms with Crippen molar-refractivity contribution < 1.29 is 80.2 Å². The quantitative estimate of drug-likeness (QED) is 0.0222. The Morgan fingerprint density at radius 1 is 0.310 bits per heavy atom. The normalized spacial score (nSPS) is 14.2. The summed E-state index contributed by atoms with van der Waals surface area (Å²) in [5.74, 6) is -0.643. The van der Waals surface area contributed by atoms with Crippen molar-refractivity contribution in [3.05, 3.63) is 0 Å². The molecule has 17 nitrogen and oxygen atoms in total. The van der Waals surface area contributed by atoms with Gasteiger partial charge in [-0.15, -0.1) is 0 Å². The fraction of sp³-hybridized carbons (Fsp3) is 0.941. The second-order valence-corrected chi connectivity index (χ2v) is 28.4.